The summed E-state index contributed by atoms with van der Waals surface area (Å²) in [6.45, 7) is 12.7. The molecule has 1 aromatic rings. The lowest BCUT2D eigenvalue weighted by Crippen LogP contribution is -2.57. The van der Waals surface area contributed by atoms with Crippen LogP contribution < -0.4 is 0 Å². The van der Waals surface area contributed by atoms with Gasteiger partial charge in [-0.1, -0.05) is 77.6 Å². The van der Waals surface area contributed by atoms with Crippen molar-refractivity contribution in [2.45, 2.75) is 118 Å². The lowest BCUT2D eigenvalue weighted by molar-refractivity contribution is -0.152. The summed E-state index contributed by atoms with van der Waals surface area (Å²) in [6, 6.07) is 8.40. The molecule has 0 saturated heterocycles. The van der Waals surface area contributed by atoms with Crippen molar-refractivity contribution in [1.29, 1.82) is 0 Å². The smallest absolute Gasteiger partial charge is 0.0574 e. The molecule has 1 aromatic carbocycles. The molecule has 1 nitrogen and oxygen atoms in total. The van der Waals surface area contributed by atoms with Crippen LogP contribution in [0.1, 0.15) is 111 Å². The summed E-state index contributed by atoms with van der Waals surface area (Å²) in [5.41, 5.74) is 2.32. The molecule has 10 atom stereocenters. The molecule has 0 aliphatic heterocycles. The van der Waals surface area contributed by atoms with E-state index < -0.39 is 0 Å². The van der Waals surface area contributed by atoms with Crippen molar-refractivity contribution in [1.82, 2.24) is 0 Å². The lowest BCUT2D eigenvalue weighted by atomic mass is 9.42. The van der Waals surface area contributed by atoms with E-state index in [2.05, 4.69) is 46.8 Å². The molecule has 0 heterocycles. The van der Waals surface area contributed by atoms with Gasteiger partial charge in [0.05, 0.1) is 6.10 Å². The average Bonchev–Trinajstić information content (AvgIpc) is 3.19. The number of hydrogen-bond donors (Lipinski definition) is 1. The Bertz CT molecular complexity index is 878. The van der Waals surface area contributed by atoms with Crippen LogP contribution in [0.4, 0.5) is 0 Å². The second-order valence-electron chi connectivity index (χ2n) is 14.7. The molecule has 3 unspecified atom stereocenters. The van der Waals surface area contributed by atoms with Crippen molar-refractivity contribution < 1.29 is 5.11 Å². The minimum atomic E-state index is -0.147. The number of hydrogen-bond acceptors (Lipinski definition) is 1. The summed E-state index contributed by atoms with van der Waals surface area (Å²) in [4.78, 5) is 0. The number of benzene rings is 1. The first-order valence-corrected chi connectivity index (χ1v) is 15.9. The van der Waals surface area contributed by atoms with Gasteiger partial charge < -0.3 is 5.11 Å². The van der Waals surface area contributed by atoms with E-state index in [-0.39, 0.29) is 6.10 Å². The minimum Gasteiger partial charge on any atom is -0.393 e. The van der Waals surface area contributed by atoms with E-state index in [1.165, 1.54) is 69.8 Å². The third-order valence-electron chi connectivity index (χ3n) is 12.5. The standard InChI is InChI=1S/C34H53ClO/c1-22(2)7-6-8-23(3)28-15-16-29-26-13-14-30-27(21-24-9-11-25(35)12-10-24)32(36)18-20-34(30,5)31(26)17-19-33(28,29)4/h9-12,22-23,26-32,36H,6-8,13-21H2,1-5H3/t23-,26+,27?,28-,29+,30?,31+,32?,33-,34+/m1/s1. The molecule has 0 radical (unpaired) electrons. The maximum absolute atomic E-state index is 11.2. The third-order valence-corrected chi connectivity index (χ3v) is 12.8. The highest BCUT2D eigenvalue weighted by Gasteiger charge is 2.61. The Hall–Kier alpha value is -0.530. The highest BCUT2D eigenvalue weighted by Crippen LogP contribution is 2.69. The normalized spacial score (nSPS) is 43.1. The summed E-state index contributed by atoms with van der Waals surface area (Å²) < 4.78 is 0. The van der Waals surface area contributed by atoms with Gasteiger partial charge in [0.1, 0.15) is 0 Å². The zero-order valence-electron chi connectivity index (χ0n) is 23.8. The summed E-state index contributed by atoms with van der Waals surface area (Å²) >= 11 is 6.17. The van der Waals surface area contributed by atoms with E-state index in [9.17, 15) is 5.11 Å². The molecule has 4 aliphatic carbocycles. The Balaban J connectivity index is 1.31. The van der Waals surface area contributed by atoms with Crippen molar-refractivity contribution in [2.75, 3.05) is 0 Å². The van der Waals surface area contributed by atoms with E-state index in [0.717, 1.165) is 53.4 Å². The molecular formula is C34H53ClO. The largest absolute Gasteiger partial charge is 0.393 e. The fraction of sp³-hybridized carbons (Fsp3) is 0.824. The Labute approximate surface area is 227 Å². The minimum absolute atomic E-state index is 0.147. The van der Waals surface area contributed by atoms with Crippen LogP contribution in [0.25, 0.3) is 0 Å². The first-order valence-electron chi connectivity index (χ1n) is 15.6. The number of fused-ring (bicyclic) bond motifs is 5. The molecule has 2 heteroatoms. The molecule has 36 heavy (non-hydrogen) atoms. The van der Waals surface area contributed by atoms with Gasteiger partial charge in [0.25, 0.3) is 0 Å². The maximum atomic E-state index is 11.2. The van der Waals surface area contributed by atoms with Crippen LogP contribution in [0.5, 0.6) is 0 Å². The second-order valence-corrected chi connectivity index (χ2v) is 15.1. The lowest BCUT2D eigenvalue weighted by Gasteiger charge is -2.63. The van der Waals surface area contributed by atoms with Gasteiger partial charge in [0, 0.05) is 5.02 Å². The van der Waals surface area contributed by atoms with Crippen LogP contribution in [0, 0.1) is 58.2 Å². The highest BCUT2D eigenvalue weighted by molar-refractivity contribution is 6.30. The zero-order valence-corrected chi connectivity index (χ0v) is 24.6. The monoisotopic (exact) mass is 512 g/mol. The summed E-state index contributed by atoms with van der Waals surface area (Å²) in [7, 11) is 0. The number of aliphatic hydroxyl groups excluding tert-OH is 1. The Morgan fingerprint density at radius 2 is 1.50 bits per heavy atom. The summed E-state index contributed by atoms with van der Waals surface area (Å²) in [6.07, 6.45) is 15.9. The van der Waals surface area contributed by atoms with Gasteiger partial charge in [0.2, 0.25) is 0 Å². The van der Waals surface area contributed by atoms with E-state index in [1.54, 1.807) is 0 Å². The fourth-order valence-corrected chi connectivity index (χ4v) is 10.8. The Kier molecular flexibility index (Phi) is 7.94. The van der Waals surface area contributed by atoms with Crippen molar-refractivity contribution in [3.8, 4) is 0 Å². The molecule has 202 valence electrons. The van der Waals surface area contributed by atoms with Crippen molar-refractivity contribution >= 4 is 11.6 Å². The van der Waals surface area contributed by atoms with Crippen LogP contribution in [-0.4, -0.2) is 11.2 Å². The zero-order chi connectivity index (χ0) is 25.7. The second kappa shape index (κ2) is 10.6. The van der Waals surface area contributed by atoms with Gasteiger partial charge in [0.15, 0.2) is 0 Å². The molecule has 0 aromatic heterocycles. The molecule has 4 saturated carbocycles. The van der Waals surface area contributed by atoms with E-state index in [4.69, 9.17) is 11.6 Å². The average molecular weight is 513 g/mol. The van der Waals surface area contributed by atoms with Crippen LogP contribution in [0.15, 0.2) is 24.3 Å². The SMILES string of the molecule is CC(C)CCC[C@@H](C)[C@H]1CC[C@H]2[C@@H]3CCC4C(Cc5ccc(Cl)cc5)C(O)CC[C@]4(C)[C@H]3CC[C@]12C. The topological polar surface area (TPSA) is 20.2 Å². The highest BCUT2D eigenvalue weighted by atomic mass is 35.5. The molecule has 0 bridgehead atoms. The number of aliphatic hydroxyl groups is 1. The van der Waals surface area contributed by atoms with Gasteiger partial charge in [-0.15, -0.1) is 0 Å². The van der Waals surface area contributed by atoms with Gasteiger partial charge in [-0.3, -0.25) is 0 Å². The molecule has 4 fully saturated rings. The molecular weight excluding hydrogens is 460 g/mol. The molecule has 4 aliphatic rings. The summed E-state index contributed by atoms with van der Waals surface area (Å²) in [5.74, 6) is 6.45. The van der Waals surface area contributed by atoms with Crippen LogP contribution >= 0.6 is 11.6 Å². The van der Waals surface area contributed by atoms with Crippen molar-refractivity contribution in [3.63, 3.8) is 0 Å². The Morgan fingerprint density at radius 3 is 2.22 bits per heavy atom. The van der Waals surface area contributed by atoms with E-state index in [1.807, 2.05) is 12.1 Å². The van der Waals surface area contributed by atoms with Crippen molar-refractivity contribution in [3.05, 3.63) is 34.9 Å². The van der Waals surface area contributed by atoms with Gasteiger partial charge in [-0.05, 0) is 134 Å². The van der Waals surface area contributed by atoms with E-state index >= 15 is 0 Å². The predicted octanol–water partition coefficient (Wildman–Crippen LogP) is 9.59. The molecule has 5 rings (SSSR count). The van der Waals surface area contributed by atoms with Gasteiger partial charge >= 0.3 is 0 Å². The number of halogens is 1. The molecule has 1 N–H and O–H groups in total. The van der Waals surface area contributed by atoms with Crippen molar-refractivity contribution in [2.24, 2.45) is 58.2 Å². The Morgan fingerprint density at radius 1 is 0.833 bits per heavy atom. The van der Waals surface area contributed by atoms with Crippen LogP contribution in [0.2, 0.25) is 5.02 Å². The molecule has 0 amide bonds. The predicted molar refractivity (Wildman–Crippen MR) is 153 cm³/mol. The number of rotatable bonds is 7. The van der Waals surface area contributed by atoms with Crippen LogP contribution in [0.3, 0.4) is 0 Å². The quantitative estimate of drug-likeness (QED) is 0.385. The maximum Gasteiger partial charge on any atom is 0.0574 e. The van der Waals surface area contributed by atoms with E-state index in [0.29, 0.717) is 22.7 Å². The van der Waals surface area contributed by atoms with Gasteiger partial charge in [-0.2, -0.15) is 0 Å². The molecule has 0 spiro atoms. The first-order chi connectivity index (χ1) is 17.1. The fourth-order valence-electron chi connectivity index (χ4n) is 10.7. The van der Waals surface area contributed by atoms with Crippen LogP contribution in [-0.2, 0) is 6.42 Å². The third kappa shape index (κ3) is 4.83. The summed E-state index contributed by atoms with van der Waals surface area (Å²) in [5, 5.41) is 12.0. The van der Waals surface area contributed by atoms with Gasteiger partial charge in [-0.25, -0.2) is 0 Å². The first kappa shape index (κ1) is 27.1.